The third-order valence-electron chi connectivity index (χ3n) is 1.69. The first-order valence-electron chi connectivity index (χ1n) is 3.80. The minimum atomic E-state index is -0.414. The van der Waals surface area contributed by atoms with Crippen molar-refractivity contribution in [3.8, 4) is 5.75 Å². The fourth-order valence-electron chi connectivity index (χ4n) is 0.906. The molecule has 0 amide bonds. The molecule has 0 saturated heterocycles. The lowest BCUT2D eigenvalue weighted by molar-refractivity contribution is 0.471. The maximum atomic E-state index is 11.1. The predicted molar refractivity (Wildman–Crippen MR) is 53.6 cm³/mol. The molecule has 66 valence electrons. The van der Waals surface area contributed by atoms with Gasteiger partial charge in [0.1, 0.15) is 0 Å². The van der Waals surface area contributed by atoms with Gasteiger partial charge in [0.05, 0.1) is 0 Å². The van der Waals surface area contributed by atoms with Gasteiger partial charge in [-0.1, -0.05) is 31.4 Å². The van der Waals surface area contributed by atoms with Gasteiger partial charge in [-0.15, -0.1) is 0 Å². The molecule has 0 unspecified atom stereocenters. The van der Waals surface area contributed by atoms with Crippen LogP contribution in [0.3, 0.4) is 0 Å². The van der Waals surface area contributed by atoms with Crippen LogP contribution in [0, 0.1) is 0 Å². The van der Waals surface area contributed by atoms with E-state index in [0.29, 0.717) is 11.1 Å². The maximum Gasteiger partial charge on any atom is 0.220 e. The predicted octanol–water partition coefficient (Wildman–Crippen LogP) is 1.95. The van der Waals surface area contributed by atoms with Gasteiger partial charge in [0.25, 0.3) is 0 Å². The van der Waals surface area contributed by atoms with Crippen molar-refractivity contribution in [3.63, 3.8) is 0 Å². The van der Waals surface area contributed by atoms with E-state index in [4.69, 9.17) is 5.11 Å². The van der Waals surface area contributed by atoms with Crippen LogP contribution in [0.5, 0.6) is 5.75 Å². The lowest BCUT2D eigenvalue weighted by Crippen LogP contribution is -1.94. The molecule has 1 aromatic carbocycles. The zero-order chi connectivity index (χ0) is 9.84. The molecule has 13 heavy (non-hydrogen) atoms. The summed E-state index contributed by atoms with van der Waals surface area (Å²) in [6.45, 7) is 7.25. The zero-order valence-electron chi connectivity index (χ0n) is 7.16. The monoisotopic (exact) mass is 174 g/mol. The molecule has 2 nitrogen and oxygen atoms in total. The SMILES string of the molecule is C=CC(=C)c1cccc(O)c(=O)c1. The van der Waals surface area contributed by atoms with Crippen LogP contribution in [0.15, 0.2) is 48.3 Å². The highest BCUT2D eigenvalue weighted by Crippen LogP contribution is 2.11. The third kappa shape index (κ3) is 2.06. The smallest absolute Gasteiger partial charge is 0.220 e. The van der Waals surface area contributed by atoms with Crippen molar-refractivity contribution in [2.75, 3.05) is 0 Å². The second kappa shape index (κ2) is 3.72. The van der Waals surface area contributed by atoms with Gasteiger partial charge in [-0.05, 0) is 23.3 Å². The van der Waals surface area contributed by atoms with Crippen molar-refractivity contribution < 1.29 is 5.11 Å². The van der Waals surface area contributed by atoms with E-state index in [1.165, 1.54) is 12.1 Å². The lowest BCUT2D eigenvalue weighted by Gasteiger charge is -1.92. The Hall–Kier alpha value is -1.83. The first kappa shape index (κ1) is 9.26. The first-order valence-corrected chi connectivity index (χ1v) is 3.80. The molecule has 0 aromatic heterocycles. The quantitative estimate of drug-likeness (QED) is 0.696. The second-order valence-corrected chi connectivity index (χ2v) is 2.60. The molecule has 1 rings (SSSR count). The molecule has 1 N–H and O–H groups in total. The number of allylic oxidation sites excluding steroid dienone is 2. The molecule has 0 heterocycles. The maximum absolute atomic E-state index is 11.1. The number of aromatic hydroxyl groups is 1. The van der Waals surface area contributed by atoms with E-state index < -0.39 is 5.43 Å². The van der Waals surface area contributed by atoms with Crippen LogP contribution in [0.1, 0.15) is 5.56 Å². The van der Waals surface area contributed by atoms with Crippen molar-refractivity contribution in [2.24, 2.45) is 0 Å². The van der Waals surface area contributed by atoms with Crippen LogP contribution in [-0.2, 0) is 0 Å². The summed E-state index contributed by atoms with van der Waals surface area (Å²) >= 11 is 0. The van der Waals surface area contributed by atoms with Gasteiger partial charge in [-0.2, -0.15) is 0 Å². The molecule has 0 bridgehead atoms. The van der Waals surface area contributed by atoms with E-state index in [-0.39, 0.29) is 5.75 Å². The molecular weight excluding hydrogens is 164 g/mol. The number of rotatable bonds is 2. The van der Waals surface area contributed by atoms with E-state index in [1.54, 1.807) is 18.2 Å². The average molecular weight is 174 g/mol. The zero-order valence-corrected chi connectivity index (χ0v) is 7.16. The minimum Gasteiger partial charge on any atom is -0.504 e. The molecule has 0 aliphatic heterocycles. The summed E-state index contributed by atoms with van der Waals surface area (Å²) in [5, 5.41) is 9.09. The highest BCUT2D eigenvalue weighted by molar-refractivity contribution is 5.71. The van der Waals surface area contributed by atoms with Crippen molar-refractivity contribution in [1.29, 1.82) is 0 Å². The minimum absolute atomic E-state index is 0.261. The molecule has 2 heteroatoms. The fourth-order valence-corrected chi connectivity index (χ4v) is 0.906. The van der Waals surface area contributed by atoms with Gasteiger partial charge >= 0.3 is 0 Å². The van der Waals surface area contributed by atoms with Crippen molar-refractivity contribution >= 4 is 5.57 Å². The summed E-state index contributed by atoms with van der Waals surface area (Å²) in [5.74, 6) is -0.261. The van der Waals surface area contributed by atoms with Gasteiger partial charge in [0.15, 0.2) is 5.75 Å². The molecule has 0 fully saturated rings. The van der Waals surface area contributed by atoms with Crippen LogP contribution in [0.25, 0.3) is 5.57 Å². The standard InChI is InChI=1S/C11H10O2/c1-3-8(2)9-5-4-6-10(12)11(13)7-9/h3-7H,1-2H2,(H,12,13). The lowest BCUT2D eigenvalue weighted by atomic mass is 10.1. The van der Waals surface area contributed by atoms with Crippen molar-refractivity contribution in [2.45, 2.75) is 0 Å². The Balaban J connectivity index is 3.37. The molecule has 0 aliphatic carbocycles. The normalized spacial score (nSPS) is 9.23. The van der Waals surface area contributed by atoms with E-state index in [2.05, 4.69) is 13.2 Å². The Morgan fingerprint density at radius 3 is 2.77 bits per heavy atom. The Kier molecular flexibility index (Phi) is 2.65. The molecule has 1 aromatic rings. The molecule has 0 spiro atoms. The highest BCUT2D eigenvalue weighted by atomic mass is 16.3. The second-order valence-electron chi connectivity index (χ2n) is 2.60. The average Bonchev–Trinajstić information content (AvgIpc) is 2.28. The van der Waals surface area contributed by atoms with Gasteiger partial charge in [-0.3, -0.25) is 4.79 Å². The topological polar surface area (TPSA) is 37.3 Å². The van der Waals surface area contributed by atoms with E-state index >= 15 is 0 Å². The molecule has 0 radical (unpaired) electrons. The molecule has 0 aliphatic rings. The Morgan fingerprint density at radius 2 is 2.15 bits per heavy atom. The highest BCUT2D eigenvalue weighted by Gasteiger charge is 1.96. The third-order valence-corrected chi connectivity index (χ3v) is 1.69. The van der Waals surface area contributed by atoms with Crippen LogP contribution < -0.4 is 5.43 Å². The largest absolute Gasteiger partial charge is 0.504 e. The van der Waals surface area contributed by atoms with E-state index in [9.17, 15) is 4.79 Å². The van der Waals surface area contributed by atoms with Gasteiger partial charge in [-0.25, -0.2) is 0 Å². The first-order chi connectivity index (χ1) is 6.15. The van der Waals surface area contributed by atoms with Crippen LogP contribution >= 0.6 is 0 Å². The summed E-state index contributed by atoms with van der Waals surface area (Å²) in [4.78, 5) is 11.1. The van der Waals surface area contributed by atoms with Crippen LogP contribution in [0.4, 0.5) is 0 Å². The molecule has 0 atom stereocenters. The Bertz CT molecular complexity index is 405. The number of hydrogen-bond acceptors (Lipinski definition) is 2. The summed E-state index contributed by atoms with van der Waals surface area (Å²) in [6.07, 6.45) is 1.56. The summed E-state index contributed by atoms with van der Waals surface area (Å²) in [6, 6.07) is 5.98. The fraction of sp³-hybridized carbons (Fsp3) is 0. The molecule has 0 saturated carbocycles. The molecular formula is C11H10O2. The number of hydrogen-bond donors (Lipinski definition) is 1. The van der Waals surface area contributed by atoms with Crippen molar-refractivity contribution in [1.82, 2.24) is 0 Å². The summed E-state index contributed by atoms with van der Waals surface area (Å²) in [5.41, 5.74) is 0.913. The summed E-state index contributed by atoms with van der Waals surface area (Å²) in [7, 11) is 0. The summed E-state index contributed by atoms with van der Waals surface area (Å²) < 4.78 is 0. The Labute approximate surface area is 76.5 Å². The van der Waals surface area contributed by atoms with Gasteiger partial charge < -0.3 is 5.11 Å². The van der Waals surface area contributed by atoms with Crippen molar-refractivity contribution in [3.05, 3.63) is 59.3 Å². The van der Waals surface area contributed by atoms with Crippen LogP contribution in [0.2, 0.25) is 0 Å². The van der Waals surface area contributed by atoms with Crippen LogP contribution in [-0.4, -0.2) is 5.11 Å². The van der Waals surface area contributed by atoms with E-state index in [0.717, 1.165) is 0 Å². The Morgan fingerprint density at radius 1 is 1.46 bits per heavy atom. The van der Waals surface area contributed by atoms with Gasteiger partial charge in [0, 0.05) is 0 Å². The van der Waals surface area contributed by atoms with Gasteiger partial charge in [0.2, 0.25) is 5.43 Å². The van der Waals surface area contributed by atoms with E-state index in [1.807, 2.05) is 0 Å².